The van der Waals surface area contributed by atoms with Crippen molar-refractivity contribution >= 4 is 33.1 Å². The van der Waals surface area contributed by atoms with E-state index >= 15 is 0 Å². The van der Waals surface area contributed by atoms with E-state index in [0.717, 1.165) is 0 Å². The van der Waals surface area contributed by atoms with Gasteiger partial charge in [-0.3, -0.25) is 4.79 Å². The van der Waals surface area contributed by atoms with Gasteiger partial charge in [0.15, 0.2) is 5.78 Å². The molecule has 4 aromatic rings. The molecule has 9 heteroatoms. The van der Waals surface area contributed by atoms with Gasteiger partial charge in [0.1, 0.15) is 0 Å². The van der Waals surface area contributed by atoms with Gasteiger partial charge in [-0.25, -0.2) is 23.5 Å². The standard InChI is InChI=1S/C23H19N5O3S/c24-20-11-6-16(14-19(20)22(29)15-4-2-1-3-5-15)21-12-13-26-23(28-21)27-17-7-9-18(10-8-17)32(25,30)31/h1-14H,24H2,(H2,25,30,31)(H,26,27,28). The number of aromatic nitrogens is 2. The van der Waals surface area contributed by atoms with Crippen molar-refractivity contribution in [3.63, 3.8) is 0 Å². The van der Waals surface area contributed by atoms with Gasteiger partial charge in [0.25, 0.3) is 0 Å². The number of carbonyl (C=O) groups is 1. The van der Waals surface area contributed by atoms with Crippen LogP contribution in [0.25, 0.3) is 11.3 Å². The van der Waals surface area contributed by atoms with E-state index in [9.17, 15) is 13.2 Å². The molecule has 4 rings (SSSR count). The number of carbonyl (C=O) groups excluding carboxylic acids is 1. The first-order valence-electron chi connectivity index (χ1n) is 9.54. The molecule has 0 bridgehead atoms. The maximum absolute atomic E-state index is 12.9. The van der Waals surface area contributed by atoms with Gasteiger partial charge in [-0.2, -0.15) is 0 Å². The van der Waals surface area contributed by atoms with Crippen molar-refractivity contribution in [2.45, 2.75) is 4.90 Å². The van der Waals surface area contributed by atoms with Gasteiger partial charge in [0, 0.05) is 34.3 Å². The highest BCUT2D eigenvalue weighted by Gasteiger charge is 2.14. The van der Waals surface area contributed by atoms with Crippen molar-refractivity contribution in [1.29, 1.82) is 0 Å². The second-order valence-electron chi connectivity index (χ2n) is 6.96. The molecule has 0 amide bonds. The smallest absolute Gasteiger partial charge is 0.238 e. The van der Waals surface area contributed by atoms with Crippen molar-refractivity contribution in [1.82, 2.24) is 9.97 Å². The molecule has 0 aliphatic carbocycles. The van der Waals surface area contributed by atoms with Crippen LogP contribution in [0.4, 0.5) is 17.3 Å². The van der Waals surface area contributed by atoms with Gasteiger partial charge in [0.05, 0.1) is 10.6 Å². The second-order valence-corrected chi connectivity index (χ2v) is 8.52. The highest BCUT2D eigenvalue weighted by Crippen LogP contribution is 2.25. The molecule has 0 unspecified atom stereocenters. The Kier molecular flexibility index (Phi) is 5.67. The molecular weight excluding hydrogens is 426 g/mol. The topological polar surface area (TPSA) is 141 Å². The Hall–Kier alpha value is -4.08. The molecule has 0 fully saturated rings. The van der Waals surface area contributed by atoms with Gasteiger partial charge in [0.2, 0.25) is 16.0 Å². The number of nitrogen functional groups attached to an aromatic ring is 1. The number of nitrogens with one attached hydrogen (secondary N) is 1. The molecule has 0 aliphatic heterocycles. The summed E-state index contributed by atoms with van der Waals surface area (Å²) < 4.78 is 22.8. The van der Waals surface area contributed by atoms with Crippen molar-refractivity contribution < 1.29 is 13.2 Å². The van der Waals surface area contributed by atoms with Crippen LogP contribution in [0.5, 0.6) is 0 Å². The minimum Gasteiger partial charge on any atom is -0.398 e. The summed E-state index contributed by atoms with van der Waals surface area (Å²) in [6.07, 6.45) is 1.58. The maximum atomic E-state index is 12.9. The van der Waals surface area contributed by atoms with Gasteiger partial charge in [-0.05, 0) is 42.5 Å². The molecule has 1 aromatic heterocycles. The number of rotatable bonds is 6. The summed E-state index contributed by atoms with van der Waals surface area (Å²) in [5.74, 6) is 0.130. The molecule has 1 heterocycles. The molecule has 5 N–H and O–H groups in total. The van der Waals surface area contributed by atoms with Crippen molar-refractivity contribution in [3.8, 4) is 11.3 Å². The first-order valence-corrected chi connectivity index (χ1v) is 11.1. The normalized spacial score (nSPS) is 11.2. The summed E-state index contributed by atoms with van der Waals surface area (Å²) in [4.78, 5) is 21.6. The van der Waals surface area contributed by atoms with E-state index in [0.29, 0.717) is 39.7 Å². The van der Waals surface area contributed by atoms with Crippen LogP contribution >= 0.6 is 0 Å². The lowest BCUT2D eigenvalue weighted by molar-refractivity contribution is 0.103. The Bertz CT molecular complexity index is 1390. The Morgan fingerprint density at radius 2 is 1.62 bits per heavy atom. The predicted octanol–water partition coefficient (Wildman–Crippen LogP) is 3.35. The number of nitrogens with two attached hydrogens (primary N) is 2. The van der Waals surface area contributed by atoms with E-state index < -0.39 is 10.0 Å². The molecule has 0 radical (unpaired) electrons. The highest BCUT2D eigenvalue weighted by molar-refractivity contribution is 7.89. The van der Waals surface area contributed by atoms with Gasteiger partial charge in [-0.1, -0.05) is 36.4 Å². The number of hydrogen-bond acceptors (Lipinski definition) is 7. The van der Waals surface area contributed by atoms with E-state index in [-0.39, 0.29) is 10.7 Å². The minimum absolute atomic E-state index is 0.00945. The van der Waals surface area contributed by atoms with E-state index in [4.69, 9.17) is 10.9 Å². The van der Waals surface area contributed by atoms with E-state index in [1.54, 1.807) is 66.9 Å². The third kappa shape index (κ3) is 4.64. The fraction of sp³-hybridized carbons (Fsp3) is 0. The number of anilines is 3. The van der Waals surface area contributed by atoms with Crippen LogP contribution in [0.2, 0.25) is 0 Å². The third-order valence-electron chi connectivity index (χ3n) is 4.72. The summed E-state index contributed by atoms with van der Waals surface area (Å²) in [5.41, 5.74) is 9.26. The van der Waals surface area contributed by atoms with Crippen molar-refractivity contribution in [2.24, 2.45) is 5.14 Å². The van der Waals surface area contributed by atoms with Gasteiger partial charge >= 0.3 is 0 Å². The summed E-state index contributed by atoms with van der Waals surface area (Å²) in [5, 5.41) is 8.14. The van der Waals surface area contributed by atoms with E-state index in [1.807, 2.05) is 6.07 Å². The second kappa shape index (κ2) is 8.58. The Labute approximate surface area is 185 Å². The van der Waals surface area contributed by atoms with Crippen LogP contribution in [0.1, 0.15) is 15.9 Å². The predicted molar refractivity (Wildman–Crippen MR) is 123 cm³/mol. The van der Waals surface area contributed by atoms with Crippen LogP contribution in [-0.4, -0.2) is 24.2 Å². The monoisotopic (exact) mass is 445 g/mol. The zero-order valence-electron chi connectivity index (χ0n) is 16.8. The molecule has 0 spiro atoms. The van der Waals surface area contributed by atoms with Gasteiger partial charge < -0.3 is 11.1 Å². The van der Waals surface area contributed by atoms with Crippen LogP contribution in [0, 0.1) is 0 Å². The molecule has 0 atom stereocenters. The van der Waals surface area contributed by atoms with Gasteiger partial charge in [-0.15, -0.1) is 0 Å². The summed E-state index contributed by atoms with van der Waals surface area (Å²) in [6, 6.07) is 21.7. The molecule has 0 aliphatic rings. The van der Waals surface area contributed by atoms with Crippen LogP contribution in [0.3, 0.4) is 0 Å². The SMILES string of the molecule is Nc1ccc(-c2ccnc(Nc3ccc(S(N)(=O)=O)cc3)n2)cc1C(=O)c1ccccc1. The summed E-state index contributed by atoms with van der Waals surface area (Å²) in [7, 11) is -3.77. The molecular formula is C23H19N5O3S. The zero-order valence-corrected chi connectivity index (χ0v) is 17.6. The minimum atomic E-state index is -3.77. The zero-order chi connectivity index (χ0) is 22.7. The number of primary sulfonamides is 1. The number of sulfonamides is 1. The number of hydrogen-bond donors (Lipinski definition) is 3. The van der Waals surface area contributed by atoms with Crippen LogP contribution in [-0.2, 0) is 10.0 Å². The molecule has 160 valence electrons. The van der Waals surface area contributed by atoms with E-state index in [1.165, 1.54) is 12.1 Å². The Morgan fingerprint density at radius 1 is 0.906 bits per heavy atom. The fourth-order valence-electron chi connectivity index (χ4n) is 3.09. The molecule has 3 aromatic carbocycles. The largest absolute Gasteiger partial charge is 0.398 e. The third-order valence-corrected chi connectivity index (χ3v) is 5.65. The maximum Gasteiger partial charge on any atom is 0.238 e. The fourth-order valence-corrected chi connectivity index (χ4v) is 3.61. The number of ketones is 1. The number of nitrogens with zero attached hydrogens (tertiary/aromatic N) is 2. The molecule has 0 saturated heterocycles. The average Bonchev–Trinajstić information content (AvgIpc) is 2.79. The highest BCUT2D eigenvalue weighted by atomic mass is 32.2. The quantitative estimate of drug-likeness (QED) is 0.305. The molecule has 8 nitrogen and oxygen atoms in total. The van der Waals surface area contributed by atoms with Crippen LogP contribution in [0.15, 0.2) is 90.0 Å². The van der Waals surface area contributed by atoms with Crippen LogP contribution < -0.4 is 16.2 Å². The first kappa shape index (κ1) is 21.2. The van der Waals surface area contributed by atoms with Crippen molar-refractivity contribution in [2.75, 3.05) is 11.1 Å². The first-order chi connectivity index (χ1) is 15.3. The lowest BCUT2D eigenvalue weighted by Gasteiger charge is -2.10. The lowest BCUT2D eigenvalue weighted by atomic mass is 9.98. The lowest BCUT2D eigenvalue weighted by Crippen LogP contribution is -2.11. The van der Waals surface area contributed by atoms with E-state index in [2.05, 4.69) is 15.3 Å². The Balaban J connectivity index is 1.61. The molecule has 32 heavy (non-hydrogen) atoms. The van der Waals surface area contributed by atoms with Crippen molar-refractivity contribution in [3.05, 3.63) is 96.2 Å². The summed E-state index contributed by atoms with van der Waals surface area (Å²) in [6.45, 7) is 0. The number of benzene rings is 3. The Morgan fingerprint density at radius 3 is 2.31 bits per heavy atom. The molecule has 0 saturated carbocycles. The average molecular weight is 446 g/mol. The summed E-state index contributed by atoms with van der Waals surface area (Å²) >= 11 is 0.